The van der Waals surface area contributed by atoms with Gasteiger partial charge < -0.3 is 5.32 Å². The highest BCUT2D eigenvalue weighted by atomic mass is 79.9. The van der Waals surface area contributed by atoms with Gasteiger partial charge in [-0.15, -0.1) is 17.9 Å². The summed E-state index contributed by atoms with van der Waals surface area (Å²) in [6, 6.07) is 2.70. The third-order valence-corrected chi connectivity index (χ3v) is 4.20. The van der Waals surface area contributed by atoms with Crippen molar-refractivity contribution < 1.29 is 0 Å². The quantitative estimate of drug-likeness (QED) is 0.774. The number of allylic oxidation sites excluding steroid dienone is 1. The molecule has 15 heavy (non-hydrogen) atoms. The van der Waals surface area contributed by atoms with Crippen LogP contribution in [0.2, 0.25) is 0 Å². The molecular weight excluding hydrogens is 270 g/mol. The summed E-state index contributed by atoms with van der Waals surface area (Å²) in [5, 5.41) is 5.72. The highest BCUT2D eigenvalue weighted by molar-refractivity contribution is 9.11. The Morgan fingerprint density at radius 1 is 1.60 bits per heavy atom. The van der Waals surface area contributed by atoms with Gasteiger partial charge in [-0.1, -0.05) is 13.0 Å². The fourth-order valence-corrected chi connectivity index (χ4v) is 2.59. The first kappa shape index (κ1) is 12.9. The molecule has 0 aromatic carbocycles. The van der Waals surface area contributed by atoms with Crippen molar-refractivity contribution in [2.45, 2.75) is 32.9 Å². The average Bonchev–Trinajstić information content (AvgIpc) is 2.61. The van der Waals surface area contributed by atoms with E-state index >= 15 is 0 Å². The van der Waals surface area contributed by atoms with E-state index in [0.717, 1.165) is 13.0 Å². The maximum atomic E-state index is 3.77. The van der Waals surface area contributed by atoms with Gasteiger partial charge in [0.15, 0.2) is 0 Å². The zero-order valence-corrected chi connectivity index (χ0v) is 11.7. The molecule has 0 bridgehead atoms. The van der Waals surface area contributed by atoms with E-state index in [-0.39, 0.29) is 0 Å². The van der Waals surface area contributed by atoms with E-state index < -0.39 is 0 Å². The minimum absolute atomic E-state index is 0.529. The molecule has 1 aromatic heterocycles. The van der Waals surface area contributed by atoms with Crippen molar-refractivity contribution in [1.29, 1.82) is 0 Å². The summed E-state index contributed by atoms with van der Waals surface area (Å²) in [5.41, 5.74) is 1.35. The zero-order valence-electron chi connectivity index (χ0n) is 9.29. The summed E-state index contributed by atoms with van der Waals surface area (Å²) in [6.45, 7) is 9.21. The highest BCUT2D eigenvalue weighted by Gasteiger charge is 2.09. The lowest BCUT2D eigenvalue weighted by atomic mass is 10.00. The molecule has 1 heterocycles. The third kappa shape index (κ3) is 4.49. The van der Waals surface area contributed by atoms with Crippen LogP contribution < -0.4 is 5.32 Å². The second-order valence-corrected chi connectivity index (χ2v) is 6.22. The molecule has 0 spiro atoms. The van der Waals surface area contributed by atoms with Crippen LogP contribution in [0.4, 0.5) is 0 Å². The van der Waals surface area contributed by atoms with Gasteiger partial charge in [-0.25, -0.2) is 0 Å². The molecule has 1 aromatic rings. The van der Waals surface area contributed by atoms with Crippen LogP contribution in [0, 0.1) is 5.92 Å². The van der Waals surface area contributed by atoms with Crippen LogP contribution in [0.25, 0.3) is 0 Å². The summed E-state index contributed by atoms with van der Waals surface area (Å²) in [5.74, 6) is 0.643. The van der Waals surface area contributed by atoms with Crippen molar-refractivity contribution >= 4 is 27.3 Å². The maximum absolute atomic E-state index is 3.77. The second-order valence-electron chi connectivity index (χ2n) is 3.93. The van der Waals surface area contributed by atoms with Crippen LogP contribution in [0.3, 0.4) is 0 Å². The number of rotatable bonds is 6. The first-order valence-corrected chi connectivity index (χ1v) is 6.88. The lowest BCUT2D eigenvalue weighted by Gasteiger charge is -2.19. The van der Waals surface area contributed by atoms with Gasteiger partial charge in [-0.3, -0.25) is 0 Å². The molecule has 1 rings (SSSR count). The molecule has 84 valence electrons. The Morgan fingerprint density at radius 2 is 2.33 bits per heavy atom. The molecule has 0 radical (unpaired) electrons. The lowest BCUT2D eigenvalue weighted by molar-refractivity contribution is 0.402. The van der Waals surface area contributed by atoms with E-state index in [1.54, 1.807) is 11.3 Å². The predicted molar refractivity (Wildman–Crippen MR) is 72.3 cm³/mol. The third-order valence-electron chi connectivity index (χ3n) is 2.64. The smallest absolute Gasteiger partial charge is 0.0701 e. The predicted octanol–water partition coefficient (Wildman–Crippen LogP) is 4.20. The van der Waals surface area contributed by atoms with E-state index in [1.807, 2.05) is 6.08 Å². The first-order valence-electron chi connectivity index (χ1n) is 5.20. The first-order chi connectivity index (χ1) is 7.13. The Balaban J connectivity index is 2.33. The number of hydrogen-bond donors (Lipinski definition) is 1. The normalized spacial score (nSPS) is 14.9. The Hall–Kier alpha value is -0.120. The van der Waals surface area contributed by atoms with Gasteiger partial charge in [0.05, 0.1) is 3.79 Å². The standard InChI is InChI=1S/C12H18BrNS/c1-4-5-9(2)10(3)14-7-11-6-12(13)15-8-11/h4,6,8-10,14H,1,5,7H2,2-3H3. The van der Waals surface area contributed by atoms with Gasteiger partial charge in [0.1, 0.15) is 0 Å². The molecule has 3 heteroatoms. The number of hydrogen-bond acceptors (Lipinski definition) is 2. The van der Waals surface area contributed by atoms with Crippen LogP contribution >= 0.6 is 27.3 Å². The minimum Gasteiger partial charge on any atom is -0.310 e. The molecule has 0 aliphatic heterocycles. The zero-order chi connectivity index (χ0) is 11.3. The van der Waals surface area contributed by atoms with Crippen LogP contribution in [0.1, 0.15) is 25.8 Å². The van der Waals surface area contributed by atoms with Gasteiger partial charge >= 0.3 is 0 Å². The van der Waals surface area contributed by atoms with Gasteiger partial charge in [0.25, 0.3) is 0 Å². The van der Waals surface area contributed by atoms with E-state index in [2.05, 4.69) is 53.1 Å². The summed E-state index contributed by atoms with van der Waals surface area (Å²) in [6.07, 6.45) is 3.06. The van der Waals surface area contributed by atoms with Crippen molar-refractivity contribution in [3.63, 3.8) is 0 Å². The Labute approximate surface area is 105 Å². The summed E-state index contributed by atoms with van der Waals surface area (Å²) >= 11 is 5.21. The highest BCUT2D eigenvalue weighted by Crippen LogP contribution is 2.20. The molecule has 0 aliphatic carbocycles. The topological polar surface area (TPSA) is 12.0 Å². The van der Waals surface area contributed by atoms with Crippen molar-refractivity contribution in [3.05, 3.63) is 33.5 Å². The van der Waals surface area contributed by atoms with Crippen molar-refractivity contribution in [3.8, 4) is 0 Å². The Kier molecular flexibility index (Phi) is 5.58. The lowest BCUT2D eigenvalue weighted by Crippen LogP contribution is -2.31. The summed E-state index contributed by atoms with van der Waals surface area (Å²) in [4.78, 5) is 0. The van der Waals surface area contributed by atoms with E-state index in [4.69, 9.17) is 0 Å². The van der Waals surface area contributed by atoms with E-state index in [0.29, 0.717) is 12.0 Å². The minimum atomic E-state index is 0.529. The molecule has 0 saturated heterocycles. The molecule has 0 saturated carbocycles. The van der Waals surface area contributed by atoms with Crippen LogP contribution in [0.15, 0.2) is 27.9 Å². The largest absolute Gasteiger partial charge is 0.310 e. The van der Waals surface area contributed by atoms with Crippen molar-refractivity contribution in [2.75, 3.05) is 0 Å². The number of thiophene rings is 1. The van der Waals surface area contributed by atoms with Gasteiger partial charge in [-0.2, -0.15) is 0 Å². The Morgan fingerprint density at radius 3 is 2.87 bits per heavy atom. The fourth-order valence-electron chi connectivity index (χ4n) is 1.39. The van der Waals surface area contributed by atoms with E-state index in [9.17, 15) is 0 Å². The molecule has 2 unspecified atom stereocenters. The van der Waals surface area contributed by atoms with Crippen LogP contribution in [-0.4, -0.2) is 6.04 Å². The molecule has 0 aliphatic rings. The molecule has 0 fully saturated rings. The van der Waals surface area contributed by atoms with Crippen LogP contribution in [0.5, 0.6) is 0 Å². The number of halogens is 1. The van der Waals surface area contributed by atoms with Gasteiger partial charge in [0, 0.05) is 12.6 Å². The maximum Gasteiger partial charge on any atom is 0.0701 e. The molecular formula is C12H18BrNS. The second kappa shape index (κ2) is 6.46. The van der Waals surface area contributed by atoms with Crippen LogP contribution in [-0.2, 0) is 6.54 Å². The molecule has 1 nitrogen and oxygen atoms in total. The summed E-state index contributed by atoms with van der Waals surface area (Å²) in [7, 11) is 0. The summed E-state index contributed by atoms with van der Waals surface area (Å²) < 4.78 is 1.20. The average molecular weight is 288 g/mol. The SMILES string of the molecule is C=CCC(C)C(C)NCc1csc(Br)c1. The Bertz CT molecular complexity index is 308. The van der Waals surface area contributed by atoms with Gasteiger partial charge in [0.2, 0.25) is 0 Å². The van der Waals surface area contributed by atoms with E-state index in [1.165, 1.54) is 9.35 Å². The monoisotopic (exact) mass is 287 g/mol. The fraction of sp³-hybridized carbons (Fsp3) is 0.500. The molecule has 2 atom stereocenters. The van der Waals surface area contributed by atoms with Gasteiger partial charge in [-0.05, 0) is 52.2 Å². The number of nitrogens with one attached hydrogen (secondary N) is 1. The molecule has 0 amide bonds. The van der Waals surface area contributed by atoms with Crippen molar-refractivity contribution in [2.24, 2.45) is 5.92 Å². The van der Waals surface area contributed by atoms with Crippen molar-refractivity contribution in [1.82, 2.24) is 5.32 Å². The molecule has 1 N–H and O–H groups in total.